The highest BCUT2D eigenvalue weighted by atomic mass is 16.6. The van der Waals surface area contributed by atoms with Crippen LogP contribution in [0.5, 0.6) is 5.75 Å². The molecule has 0 saturated carbocycles. The molecule has 0 bridgehead atoms. The van der Waals surface area contributed by atoms with E-state index in [0.29, 0.717) is 5.75 Å². The molecule has 0 radical (unpaired) electrons. The highest BCUT2D eigenvalue weighted by molar-refractivity contribution is 5.74. The topological polar surface area (TPSA) is 35.5 Å². The van der Waals surface area contributed by atoms with Crippen LogP contribution in [0.1, 0.15) is 6.92 Å². The SMILES string of the molecule is COC(=O)[C@H](C)Oc1ccccc1. The van der Waals surface area contributed by atoms with Gasteiger partial charge >= 0.3 is 5.97 Å². The number of hydrogen-bond donors (Lipinski definition) is 0. The molecule has 13 heavy (non-hydrogen) atoms. The summed E-state index contributed by atoms with van der Waals surface area (Å²) in [7, 11) is 1.34. The van der Waals surface area contributed by atoms with Crippen molar-refractivity contribution >= 4 is 5.97 Å². The number of methoxy groups -OCH3 is 1. The van der Waals surface area contributed by atoms with E-state index in [4.69, 9.17) is 4.74 Å². The molecule has 0 N–H and O–H groups in total. The number of carbonyl (C=O) groups excluding carboxylic acids is 1. The fourth-order valence-electron chi connectivity index (χ4n) is 0.917. The molecule has 1 atom stereocenters. The zero-order valence-electron chi connectivity index (χ0n) is 7.69. The van der Waals surface area contributed by atoms with Crippen LogP contribution in [0.2, 0.25) is 0 Å². The number of ether oxygens (including phenoxy) is 2. The van der Waals surface area contributed by atoms with Crippen LogP contribution in [-0.4, -0.2) is 19.2 Å². The Morgan fingerprint density at radius 3 is 2.46 bits per heavy atom. The van der Waals surface area contributed by atoms with Crippen LogP contribution >= 0.6 is 0 Å². The largest absolute Gasteiger partial charge is 0.479 e. The van der Waals surface area contributed by atoms with E-state index in [9.17, 15) is 4.79 Å². The van der Waals surface area contributed by atoms with Gasteiger partial charge in [0, 0.05) is 0 Å². The summed E-state index contributed by atoms with van der Waals surface area (Å²) in [6.45, 7) is 1.65. The Morgan fingerprint density at radius 2 is 1.92 bits per heavy atom. The predicted molar refractivity (Wildman–Crippen MR) is 48.5 cm³/mol. The Morgan fingerprint density at radius 1 is 1.31 bits per heavy atom. The Hall–Kier alpha value is -1.51. The van der Waals surface area contributed by atoms with Crippen molar-refractivity contribution in [3.05, 3.63) is 30.3 Å². The first-order valence-corrected chi connectivity index (χ1v) is 4.03. The minimum absolute atomic E-state index is 0.371. The van der Waals surface area contributed by atoms with E-state index in [-0.39, 0.29) is 5.97 Å². The van der Waals surface area contributed by atoms with E-state index >= 15 is 0 Å². The molecule has 0 saturated heterocycles. The van der Waals surface area contributed by atoms with Crippen LogP contribution in [0.25, 0.3) is 0 Å². The van der Waals surface area contributed by atoms with Crippen molar-refractivity contribution in [2.24, 2.45) is 0 Å². The van der Waals surface area contributed by atoms with E-state index in [1.54, 1.807) is 19.1 Å². The van der Waals surface area contributed by atoms with Crippen LogP contribution in [0.4, 0.5) is 0 Å². The first-order valence-electron chi connectivity index (χ1n) is 4.03. The molecule has 0 unspecified atom stereocenters. The average molecular weight is 180 g/mol. The molecule has 3 nitrogen and oxygen atoms in total. The second kappa shape index (κ2) is 4.50. The smallest absolute Gasteiger partial charge is 0.346 e. The molecule has 0 aliphatic heterocycles. The fraction of sp³-hybridized carbons (Fsp3) is 0.300. The monoisotopic (exact) mass is 180 g/mol. The lowest BCUT2D eigenvalue weighted by Gasteiger charge is -2.11. The van der Waals surface area contributed by atoms with Crippen LogP contribution in [0, 0.1) is 0 Å². The van der Waals surface area contributed by atoms with Crippen LogP contribution < -0.4 is 4.74 Å². The van der Waals surface area contributed by atoms with Gasteiger partial charge in [-0.3, -0.25) is 0 Å². The van der Waals surface area contributed by atoms with Gasteiger partial charge in [-0.15, -0.1) is 0 Å². The molecule has 0 spiro atoms. The summed E-state index contributed by atoms with van der Waals surface area (Å²) in [5.74, 6) is 0.296. The Bertz CT molecular complexity index is 269. The quantitative estimate of drug-likeness (QED) is 0.663. The lowest BCUT2D eigenvalue weighted by molar-refractivity contribution is -0.147. The van der Waals surface area contributed by atoms with Crippen molar-refractivity contribution in [3.63, 3.8) is 0 Å². The van der Waals surface area contributed by atoms with Gasteiger partial charge in [0.15, 0.2) is 6.10 Å². The maximum atomic E-state index is 11.0. The molecule has 0 fully saturated rings. The lowest BCUT2D eigenvalue weighted by atomic mass is 10.3. The number of para-hydroxylation sites is 1. The molecule has 0 aliphatic rings. The summed E-state index contributed by atoms with van der Waals surface area (Å²) in [5, 5.41) is 0. The third-order valence-corrected chi connectivity index (χ3v) is 1.59. The van der Waals surface area contributed by atoms with Crippen molar-refractivity contribution in [2.75, 3.05) is 7.11 Å². The van der Waals surface area contributed by atoms with Crippen molar-refractivity contribution in [3.8, 4) is 5.75 Å². The Labute approximate surface area is 77.3 Å². The summed E-state index contributed by atoms with van der Waals surface area (Å²) < 4.78 is 9.81. The summed E-state index contributed by atoms with van der Waals surface area (Å²) in [6.07, 6.45) is -0.563. The molecule has 1 aromatic carbocycles. The fourth-order valence-corrected chi connectivity index (χ4v) is 0.917. The van der Waals surface area contributed by atoms with Gasteiger partial charge in [0.05, 0.1) is 7.11 Å². The number of rotatable bonds is 3. The number of benzene rings is 1. The molecule has 1 aromatic rings. The van der Waals surface area contributed by atoms with Crippen molar-refractivity contribution in [1.29, 1.82) is 0 Å². The zero-order chi connectivity index (χ0) is 9.68. The minimum Gasteiger partial charge on any atom is -0.479 e. The van der Waals surface area contributed by atoms with Gasteiger partial charge in [-0.2, -0.15) is 0 Å². The lowest BCUT2D eigenvalue weighted by Crippen LogP contribution is -2.24. The molecule has 70 valence electrons. The normalized spacial score (nSPS) is 11.8. The van der Waals surface area contributed by atoms with Gasteiger partial charge in [-0.05, 0) is 19.1 Å². The summed E-state index contributed by atoms with van der Waals surface area (Å²) in [5.41, 5.74) is 0. The van der Waals surface area contributed by atoms with Crippen LogP contribution in [0.15, 0.2) is 30.3 Å². The predicted octanol–water partition coefficient (Wildman–Crippen LogP) is 1.63. The maximum Gasteiger partial charge on any atom is 0.346 e. The highest BCUT2D eigenvalue weighted by Crippen LogP contribution is 2.10. The maximum absolute atomic E-state index is 11.0. The van der Waals surface area contributed by atoms with Crippen LogP contribution in [0.3, 0.4) is 0 Å². The molecule has 0 aliphatic carbocycles. The molecule has 1 rings (SSSR count). The third kappa shape index (κ3) is 2.78. The standard InChI is InChI=1S/C10H12O3/c1-8(10(11)12-2)13-9-6-4-3-5-7-9/h3-8H,1-2H3/t8-/m0/s1. The molecular weight excluding hydrogens is 168 g/mol. The van der Waals surface area contributed by atoms with Gasteiger partial charge in [0.25, 0.3) is 0 Å². The van der Waals surface area contributed by atoms with Crippen LogP contribution in [-0.2, 0) is 9.53 Å². The van der Waals surface area contributed by atoms with E-state index in [2.05, 4.69) is 4.74 Å². The molecule has 3 heteroatoms. The first kappa shape index (κ1) is 9.58. The van der Waals surface area contributed by atoms with Crippen molar-refractivity contribution in [1.82, 2.24) is 0 Å². The first-order chi connectivity index (χ1) is 6.24. The molecule has 0 amide bonds. The van der Waals surface area contributed by atoms with E-state index < -0.39 is 6.10 Å². The molecular formula is C10H12O3. The number of hydrogen-bond acceptors (Lipinski definition) is 3. The highest BCUT2D eigenvalue weighted by Gasteiger charge is 2.13. The van der Waals surface area contributed by atoms with Gasteiger partial charge in [-0.1, -0.05) is 18.2 Å². The Kier molecular flexibility index (Phi) is 3.31. The summed E-state index contributed by atoms with van der Waals surface area (Å²) in [4.78, 5) is 11.0. The summed E-state index contributed by atoms with van der Waals surface area (Å²) >= 11 is 0. The third-order valence-electron chi connectivity index (χ3n) is 1.59. The second-order valence-corrected chi connectivity index (χ2v) is 2.60. The zero-order valence-corrected chi connectivity index (χ0v) is 7.69. The van der Waals surface area contributed by atoms with E-state index in [1.807, 2.05) is 18.2 Å². The minimum atomic E-state index is -0.563. The van der Waals surface area contributed by atoms with Gasteiger partial charge in [-0.25, -0.2) is 4.79 Å². The van der Waals surface area contributed by atoms with E-state index in [0.717, 1.165) is 0 Å². The van der Waals surface area contributed by atoms with Crippen molar-refractivity contribution in [2.45, 2.75) is 13.0 Å². The number of carbonyl (C=O) groups is 1. The van der Waals surface area contributed by atoms with Gasteiger partial charge in [0.2, 0.25) is 0 Å². The molecule has 0 heterocycles. The average Bonchev–Trinajstić information content (AvgIpc) is 2.18. The second-order valence-electron chi connectivity index (χ2n) is 2.60. The summed E-state index contributed by atoms with van der Waals surface area (Å²) in [6, 6.07) is 9.16. The number of esters is 1. The van der Waals surface area contributed by atoms with Gasteiger partial charge in [0.1, 0.15) is 5.75 Å². The Balaban J connectivity index is 2.55. The van der Waals surface area contributed by atoms with E-state index in [1.165, 1.54) is 7.11 Å². The molecule has 0 aromatic heterocycles. The van der Waals surface area contributed by atoms with Crippen molar-refractivity contribution < 1.29 is 14.3 Å². The van der Waals surface area contributed by atoms with Gasteiger partial charge < -0.3 is 9.47 Å².